The fourth-order valence-electron chi connectivity index (χ4n) is 3.48. The van der Waals surface area contributed by atoms with E-state index < -0.39 is 0 Å². The van der Waals surface area contributed by atoms with Crippen molar-refractivity contribution in [3.05, 3.63) is 0 Å². The zero-order valence-electron chi connectivity index (χ0n) is 13.4. The average Bonchev–Trinajstić information content (AvgIpc) is 2.73. The summed E-state index contributed by atoms with van der Waals surface area (Å²) in [5, 5.41) is 3.66. The minimum Gasteiger partial charge on any atom is -0.312 e. The lowest BCUT2D eigenvalue weighted by Crippen LogP contribution is -2.41. The van der Waals surface area contributed by atoms with E-state index in [0.717, 1.165) is 11.8 Å². The first-order valence-electron chi connectivity index (χ1n) is 8.08. The number of hydrogen-bond donors (Lipinski definition) is 1. The topological polar surface area (TPSA) is 18.5 Å². The molecule has 112 valence electrons. The minimum atomic E-state index is 0.263. The predicted molar refractivity (Wildman–Crippen MR) is 82.5 cm³/mol. The summed E-state index contributed by atoms with van der Waals surface area (Å²) in [4.78, 5) is 5.21. The van der Waals surface area contributed by atoms with Crippen LogP contribution in [-0.2, 0) is 0 Å². The van der Waals surface area contributed by atoms with Crippen LogP contribution in [0, 0.1) is 11.8 Å². The van der Waals surface area contributed by atoms with Gasteiger partial charge in [0.25, 0.3) is 0 Å². The van der Waals surface area contributed by atoms with E-state index in [2.05, 4.69) is 42.9 Å². The molecule has 1 N–H and O–H groups in total. The molecular formula is C16H33N3. The van der Waals surface area contributed by atoms with E-state index in [4.69, 9.17) is 0 Å². The van der Waals surface area contributed by atoms with Crippen LogP contribution in [0.3, 0.4) is 0 Å². The third-order valence-electron chi connectivity index (χ3n) is 4.53. The molecule has 0 spiro atoms. The first kappa shape index (κ1) is 15.3. The van der Waals surface area contributed by atoms with Crippen LogP contribution in [0.4, 0.5) is 0 Å². The van der Waals surface area contributed by atoms with Gasteiger partial charge < -0.3 is 15.1 Å². The van der Waals surface area contributed by atoms with Crippen LogP contribution in [0.2, 0.25) is 0 Å². The molecule has 0 bridgehead atoms. The van der Waals surface area contributed by atoms with Gasteiger partial charge in [-0.15, -0.1) is 0 Å². The van der Waals surface area contributed by atoms with Gasteiger partial charge in [-0.1, -0.05) is 0 Å². The number of hydrogen-bond acceptors (Lipinski definition) is 3. The molecule has 0 aromatic heterocycles. The molecule has 2 unspecified atom stereocenters. The summed E-state index contributed by atoms with van der Waals surface area (Å²) in [6.07, 6.45) is 4.21. The van der Waals surface area contributed by atoms with Crippen molar-refractivity contribution in [2.24, 2.45) is 11.8 Å². The van der Waals surface area contributed by atoms with Crippen LogP contribution in [-0.4, -0.2) is 61.7 Å². The van der Waals surface area contributed by atoms with E-state index in [0.29, 0.717) is 0 Å². The van der Waals surface area contributed by atoms with Crippen molar-refractivity contribution in [3.8, 4) is 0 Å². The van der Waals surface area contributed by atoms with Gasteiger partial charge in [-0.25, -0.2) is 0 Å². The lowest BCUT2D eigenvalue weighted by molar-refractivity contribution is 0.163. The fraction of sp³-hybridized carbons (Fsp3) is 1.00. The number of piperidine rings is 1. The Morgan fingerprint density at radius 2 is 1.84 bits per heavy atom. The van der Waals surface area contributed by atoms with Crippen molar-refractivity contribution in [2.45, 2.75) is 45.6 Å². The molecule has 2 saturated heterocycles. The van der Waals surface area contributed by atoms with E-state index in [1.165, 1.54) is 58.5 Å². The smallest absolute Gasteiger partial charge is 0.00966 e. The first-order chi connectivity index (χ1) is 8.92. The highest BCUT2D eigenvalue weighted by Gasteiger charge is 2.26. The number of nitrogens with zero attached hydrogens (tertiary/aromatic N) is 2. The van der Waals surface area contributed by atoms with Gasteiger partial charge >= 0.3 is 0 Å². The zero-order chi connectivity index (χ0) is 13.9. The van der Waals surface area contributed by atoms with Gasteiger partial charge in [0, 0.05) is 25.2 Å². The summed E-state index contributed by atoms with van der Waals surface area (Å²) in [5.41, 5.74) is 0.263. The molecule has 3 nitrogen and oxygen atoms in total. The van der Waals surface area contributed by atoms with Crippen LogP contribution in [0.15, 0.2) is 0 Å². The Hall–Kier alpha value is -0.120. The van der Waals surface area contributed by atoms with Gasteiger partial charge in [0.1, 0.15) is 0 Å². The second-order valence-electron chi connectivity index (χ2n) is 7.82. The van der Waals surface area contributed by atoms with Crippen LogP contribution in [0.5, 0.6) is 0 Å². The molecule has 3 heteroatoms. The molecule has 0 radical (unpaired) electrons. The average molecular weight is 267 g/mol. The highest BCUT2D eigenvalue weighted by molar-refractivity contribution is 4.83. The second kappa shape index (κ2) is 6.55. The van der Waals surface area contributed by atoms with Crippen molar-refractivity contribution in [2.75, 3.05) is 46.3 Å². The van der Waals surface area contributed by atoms with Crippen LogP contribution in [0.1, 0.15) is 40.0 Å². The summed E-state index contributed by atoms with van der Waals surface area (Å²) >= 11 is 0. The third-order valence-corrected chi connectivity index (χ3v) is 4.53. The summed E-state index contributed by atoms with van der Waals surface area (Å²) < 4.78 is 0. The minimum absolute atomic E-state index is 0.263. The maximum absolute atomic E-state index is 3.66. The van der Waals surface area contributed by atoms with Crippen LogP contribution in [0.25, 0.3) is 0 Å². The van der Waals surface area contributed by atoms with Crippen molar-refractivity contribution < 1.29 is 0 Å². The Balaban J connectivity index is 1.67. The summed E-state index contributed by atoms with van der Waals surface area (Å²) in [7, 11) is 2.27. The molecule has 2 aliphatic rings. The Labute approximate surface area is 119 Å². The van der Waals surface area contributed by atoms with Gasteiger partial charge in [0.15, 0.2) is 0 Å². The highest BCUT2D eigenvalue weighted by atomic mass is 15.2. The molecule has 0 aromatic rings. The quantitative estimate of drug-likeness (QED) is 0.841. The van der Waals surface area contributed by atoms with Crippen molar-refractivity contribution in [3.63, 3.8) is 0 Å². The molecule has 2 rings (SSSR count). The maximum Gasteiger partial charge on any atom is 0.00966 e. The highest BCUT2D eigenvalue weighted by Crippen LogP contribution is 2.21. The largest absolute Gasteiger partial charge is 0.312 e. The van der Waals surface area contributed by atoms with Gasteiger partial charge in [0.2, 0.25) is 0 Å². The van der Waals surface area contributed by atoms with Crippen molar-refractivity contribution in [1.29, 1.82) is 0 Å². The molecule has 2 aliphatic heterocycles. The summed E-state index contributed by atoms with van der Waals surface area (Å²) in [6, 6.07) is 0. The Morgan fingerprint density at radius 1 is 1.05 bits per heavy atom. The van der Waals surface area contributed by atoms with E-state index in [-0.39, 0.29) is 5.54 Å². The van der Waals surface area contributed by atoms with Crippen molar-refractivity contribution in [1.82, 2.24) is 15.1 Å². The predicted octanol–water partition coefficient (Wildman–Crippen LogP) is 2.04. The second-order valence-corrected chi connectivity index (χ2v) is 7.82. The molecule has 2 atom stereocenters. The lowest BCUT2D eigenvalue weighted by Gasteiger charge is -2.32. The Kier molecular flexibility index (Phi) is 5.27. The number of likely N-dealkylation sites (tertiary alicyclic amines) is 2. The van der Waals surface area contributed by atoms with Gasteiger partial charge in [-0.2, -0.15) is 0 Å². The van der Waals surface area contributed by atoms with E-state index in [9.17, 15) is 0 Å². The van der Waals surface area contributed by atoms with Gasteiger partial charge in [0.05, 0.1) is 0 Å². The monoisotopic (exact) mass is 267 g/mol. The molecule has 19 heavy (non-hydrogen) atoms. The van der Waals surface area contributed by atoms with Crippen LogP contribution >= 0.6 is 0 Å². The Morgan fingerprint density at radius 3 is 2.53 bits per heavy atom. The summed E-state index contributed by atoms with van der Waals surface area (Å²) in [5.74, 6) is 1.77. The first-order valence-corrected chi connectivity index (χ1v) is 8.08. The molecular weight excluding hydrogens is 234 g/mol. The lowest BCUT2D eigenvalue weighted by atomic mass is 9.98. The SMILES string of the molecule is CN1CCCC(CN2CCC(CNC(C)(C)C)C2)C1. The zero-order valence-corrected chi connectivity index (χ0v) is 13.4. The molecule has 0 aliphatic carbocycles. The summed E-state index contributed by atoms with van der Waals surface area (Å²) in [6.45, 7) is 14.5. The van der Waals surface area contributed by atoms with Crippen molar-refractivity contribution >= 4 is 0 Å². The standard InChI is InChI=1S/C16H33N3/c1-16(2,3)17-10-14-7-9-19(12-14)13-15-6-5-8-18(4)11-15/h14-15,17H,5-13H2,1-4H3. The van der Waals surface area contributed by atoms with E-state index >= 15 is 0 Å². The molecule has 0 amide bonds. The molecule has 0 saturated carbocycles. The Bertz CT molecular complexity index is 272. The number of nitrogens with one attached hydrogen (secondary N) is 1. The molecule has 0 aromatic carbocycles. The maximum atomic E-state index is 3.66. The van der Waals surface area contributed by atoms with E-state index in [1.54, 1.807) is 0 Å². The fourth-order valence-corrected chi connectivity index (χ4v) is 3.48. The molecule has 2 fully saturated rings. The number of rotatable bonds is 4. The van der Waals surface area contributed by atoms with Crippen LogP contribution < -0.4 is 5.32 Å². The molecule has 2 heterocycles. The normalized spacial score (nSPS) is 30.9. The van der Waals surface area contributed by atoms with Gasteiger partial charge in [-0.05, 0) is 78.6 Å². The van der Waals surface area contributed by atoms with Gasteiger partial charge in [-0.3, -0.25) is 0 Å². The van der Waals surface area contributed by atoms with E-state index in [1.807, 2.05) is 0 Å². The third kappa shape index (κ3) is 5.41.